The number of anilines is 2. The number of nitrogens with one attached hydrogen (secondary N) is 2. The number of carbonyl (C=O) groups excluding carboxylic acids is 3. The molecule has 38 heavy (non-hydrogen) atoms. The van der Waals surface area contributed by atoms with Crippen molar-refractivity contribution in [3.05, 3.63) is 82.5 Å². The summed E-state index contributed by atoms with van der Waals surface area (Å²) in [4.78, 5) is 48.5. The number of phenolic OH excluding ortho intramolecular Hbond substituents is 1. The van der Waals surface area contributed by atoms with Gasteiger partial charge in [0, 0.05) is 18.3 Å². The number of aromatic hydroxyl groups is 1. The van der Waals surface area contributed by atoms with Gasteiger partial charge in [0.05, 0.1) is 29.3 Å². The van der Waals surface area contributed by atoms with Crippen LogP contribution in [-0.4, -0.2) is 58.3 Å². The van der Waals surface area contributed by atoms with E-state index in [1.807, 2.05) is 0 Å². The fourth-order valence-electron chi connectivity index (χ4n) is 4.13. The SMILES string of the molecule is CON(F)CN1CCCC(c2ccc(C(=O)Nc3c(O)cccc3C(=O)Nc3ccc(Cl)cn3)cc2)C1=O. The van der Waals surface area contributed by atoms with Crippen LogP contribution in [0.3, 0.4) is 0 Å². The predicted octanol–water partition coefficient (Wildman–Crippen LogP) is 4.36. The number of carbonyl (C=O) groups is 3. The van der Waals surface area contributed by atoms with Crippen LogP contribution in [0, 0.1) is 0 Å². The minimum absolute atomic E-state index is 0.0255. The molecule has 0 aliphatic carbocycles. The Labute approximate surface area is 222 Å². The fourth-order valence-corrected chi connectivity index (χ4v) is 4.24. The lowest BCUT2D eigenvalue weighted by Gasteiger charge is -2.33. The molecule has 10 nitrogen and oxygen atoms in total. The van der Waals surface area contributed by atoms with E-state index in [0.29, 0.717) is 30.0 Å². The maximum absolute atomic E-state index is 13.5. The molecule has 3 N–H and O–H groups in total. The normalized spacial score (nSPS) is 15.4. The number of aromatic nitrogens is 1. The molecular formula is C26H25ClFN5O5. The predicted molar refractivity (Wildman–Crippen MR) is 138 cm³/mol. The zero-order chi connectivity index (χ0) is 27.2. The van der Waals surface area contributed by atoms with Gasteiger partial charge in [-0.05, 0) is 60.1 Å². The van der Waals surface area contributed by atoms with Crippen LogP contribution >= 0.6 is 11.6 Å². The van der Waals surface area contributed by atoms with Crippen LogP contribution in [-0.2, 0) is 9.63 Å². The van der Waals surface area contributed by atoms with Crippen LogP contribution in [0.4, 0.5) is 16.0 Å². The minimum atomic E-state index is -0.595. The molecule has 4 rings (SSSR count). The highest BCUT2D eigenvalue weighted by Crippen LogP contribution is 2.30. The third kappa shape index (κ3) is 6.25. The van der Waals surface area contributed by atoms with Crippen molar-refractivity contribution >= 4 is 40.8 Å². The summed E-state index contributed by atoms with van der Waals surface area (Å²) in [5.74, 6) is -1.91. The summed E-state index contributed by atoms with van der Waals surface area (Å²) in [6.07, 6.45) is 2.67. The quantitative estimate of drug-likeness (QED) is 0.220. The Bertz CT molecular complexity index is 1320. The van der Waals surface area contributed by atoms with Gasteiger partial charge in [0.1, 0.15) is 18.2 Å². The molecular weight excluding hydrogens is 517 g/mol. The topological polar surface area (TPSA) is 124 Å². The Kier molecular flexibility index (Phi) is 8.52. The minimum Gasteiger partial charge on any atom is -0.506 e. The van der Waals surface area contributed by atoms with Crippen molar-refractivity contribution < 1.29 is 28.8 Å². The number of hydroxylamine groups is 1. The van der Waals surface area contributed by atoms with Gasteiger partial charge in [-0.25, -0.2) is 4.98 Å². The smallest absolute Gasteiger partial charge is 0.259 e. The summed E-state index contributed by atoms with van der Waals surface area (Å²) in [6, 6.07) is 13.8. The molecule has 1 atom stereocenters. The van der Waals surface area contributed by atoms with Crippen LogP contribution < -0.4 is 10.6 Å². The Hall–Kier alpha value is -4.06. The second-order valence-electron chi connectivity index (χ2n) is 8.53. The molecule has 198 valence electrons. The molecule has 1 aliphatic heterocycles. The van der Waals surface area contributed by atoms with E-state index < -0.39 is 17.7 Å². The number of nitrogens with zero attached hydrogens (tertiary/aromatic N) is 3. The molecule has 2 heterocycles. The summed E-state index contributed by atoms with van der Waals surface area (Å²) in [7, 11) is 1.18. The van der Waals surface area contributed by atoms with Gasteiger partial charge in [0.2, 0.25) is 5.91 Å². The average molecular weight is 542 g/mol. The van der Waals surface area contributed by atoms with Crippen molar-refractivity contribution in [3.8, 4) is 5.75 Å². The van der Waals surface area contributed by atoms with E-state index >= 15 is 0 Å². The lowest BCUT2D eigenvalue weighted by molar-refractivity contribution is -0.279. The van der Waals surface area contributed by atoms with Crippen molar-refractivity contribution in [3.63, 3.8) is 0 Å². The number of likely N-dealkylation sites (tertiary alicyclic amines) is 1. The number of rotatable bonds is 8. The summed E-state index contributed by atoms with van der Waals surface area (Å²) in [5, 5.41) is 16.1. The van der Waals surface area contributed by atoms with Gasteiger partial charge in [-0.2, -0.15) is 0 Å². The van der Waals surface area contributed by atoms with Crippen LogP contribution in [0.2, 0.25) is 5.02 Å². The van der Waals surface area contributed by atoms with Gasteiger partial charge in [-0.1, -0.05) is 29.8 Å². The van der Waals surface area contributed by atoms with Crippen LogP contribution in [0.15, 0.2) is 60.8 Å². The first-order chi connectivity index (χ1) is 18.3. The molecule has 3 aromatic rings. The number of phenols is 1. The zero-order valence-electron chi connectivity index (χ0n) is 20.4. The van der Waals surface area contributed by atoms with Crippen molar-refractivity contribution in [2.45, 2.75) is 18.8 Å². The Morgan fingerprint density at radius 3 is 2.61 bits per heavy atom. The summed E-state index contributed by atoms with van der Waals surface area (Å²) in [6.45, 7) is 0.126. The molecule has 0 spiro atoms. The number of pyridine rings is 1. The van der Waals surface area contributed by atoms with Crippen molar-refractivity contribution in [1.82, 2.24) is 15.2 Å². The van der Waals surface area contributed by atoms with E-state index in [-0.39, 0.29) is 46.2 Å². The largest absolute Gasteiger partial charge is 0.506 e. The molecule has 0 saturated carbocycles. The van der Waals surface area contributed by atoms with E-state index in [2.05, 4.69) is 20.5 Å². The number of hydrogen-bond acceptors (Lipinski definition) is 7. The molecule has 1 aliphatic rings. The highest BCUT2D eigenvalue weighted by Gasteiger charge is 2.31. The van der Waals surface area contributed by atoms with Crippen molar-refractivity contribution in [2.75, 3.05) is 31.0 Å². The second-order valence-corrected chi connectivity index (χ2v) is 8.97. The third-order valence-electron chi connectivity index (χ3n) is 6.08. The molecule has 1 saturated heterocycles. The van der Waals surface area contributed by atoms with E-state index in [9.17, 15) is 24.0 Å². The Balaban J connectivity index is 1.47. The van der Waals surface area contributed by atoms with Gasteiger partial charge >= 0.3 is 0 Å². The number of amides is 3. The van der Waals surface area contributed by atoms with Gasteiger partial charge in [0.25, 0.3) is 11.8 Å². The van der Waals surface area contributed by atoms with Crippen LogP contribution in [0.5, 0.6) is 5.75 Å². The molecule has 0 radical (unpaired) electrons. The van der Waals surface area contributed by atoms with Gasteiger partial charge < -0.3 is 20.6 Å². The number of benzene rings is 2. The molecule has 1 aromatic heterocycles. The number of halogens is 2. The zero-order valence-corrected chi connectivity index (χ0v) is 21.1. The summed E-state index contributed by atoms with van der Waals surface area (Å²) in [5.41, 5.74) is 0.895. The van der Waals surface area contributed by atoms with Crippen LogP contribution in [0.1, 0.15) is 45.0 Å². The highest BCUT2D eigenvalue weighted by molar-refractivity contribution is 6.30. The standard InChI is InChI=1S/C26H25ClFN5O5/c1-38-33(28)15-32-13-3-5-19(26(32)37)16-7-9-17(10-8-16)24(35)31-23-20(4-2-6-21(23)34)25(36)30-22-12-11-18(27)14-29-22/h2,4,6-12,14,19,34H,3,5,13,15H2,1H3,(H,31,35)(H,29,30,36). The number of piperidine rings is 1. The maximum atomic E-state index is 13.5. The molecule has 12 heteroatoms. The summed E-state index contributed by atoms with van der Waals surface area (Å²) < 4.78 is 13.5. The summed E-state index contributed by atoms with van der Waals surface area (Å²) >= 11 is 5.82. The monoisotopic (exact) mass is 541 g/mol. The third-order valence-corrected chi connectivity index (χ3v) is 6.30. The van der Waals surface area contributed by atoms with Gasteiger partial charge in [-0.3, -0.25) is 19.2 Å². The fraction of sp³-hybridized carbons (Fsp3) is 0.231. The highest BCUT2D eigenvalue weighted by atomic mass is 35.5. The Morgan fingerprint density at radius 1 is 1.16 bits per heavy atom. The lowest BCUT2D eigenvalue weighted by Crippen LogP contribution is -2.44. The lowest BCUT2D eigenvalue weighted by atomic mass is 9.89. The number of hydrogen-bond donors (Lipinski definition) is 3. The van der Waals surface area contributed by atoms with E-state index in [1.54, 1.807) is 30.3 Å². The number of para-hydroxylation sites is 1. The Morgan fingerprint density at radius 2 is 1.92 bits per heavy atom. The van der Waals surface area contributed by atoms with E-state index in [0.717, 1.165) is 0 Å². The molecule has 3 amide bonds. The van der Waals surface area contributed by atoms with E-state index in [4.69, 9.17) is 11.6 Å². The van der Waals surface area contributed by atoms with Gasteiger partial charge in [0.15, 0.2) is 0 Å². The van der Waals surface area contributed by atoms with Crippen LogP contribution in [0.25, 0.3) is 0 Å². The van der Waals surface area contributed by atoms with Crippen molar-refractivity contribution in [2.24, 2.45) is 0 Å². The molecule has 2 aromatic carbocycles. The molecule has 1 fully saturated rings. The first kappa shape index (κ1) is 27.0. The maximum Gasteiger partial charge on any atom is 0.259 e. The van der Waals surface area contributed by atoms with Gasteiger partial charge in [-0.15, -0.1) is 4.48 Å². The molecule has 0 bridgehead atoms. The second kappa shape index (κ2) is 12.0. The van der Waals surface area contributed by atoms with Crippen molar-refractivity contribution in [1.29, 1.82) is 0 Å². The molecule has 1 unspecified atom stereocenters. The first-order valence-electron chi connectivity index (χ1n) is 11.7. The van der Waals surface area contributed by atoms with E-state index in [1.165, 1.54) is 42.5 Å². The average Bonchev–Trinajstić information content (AvgIpc) is 2.92. The first-order valence-corrected chi connectivity index (χ1v) is 12.1.